The van der Waals surface area contributed by atoms with Crippen molar-refractivity contribution >= 4 is 50.8 Å². The van der Waals surface area contributed by atoms with Crippen molar-refractivity contribution < 1.29 is 18.3 Å². The fraction of sp³-hybridized carbons (Fsp3) is 0.130. The van der Waals surface area contributed by atoms with Gasteiger partial charge in [-0.05, 0) is 52.9 Å². The number of nitrogens with zero attached hydrogens (tertiary/aromatic N) is 2. The van der Waals surface area contributed by atoms with Gasteiger partial charge in [0.05, 0.1) is 16.6 Å². The Kier molecular flexibility index (Phi) is 6.08. The maximum absolute atomic E-state index is 14.5. The van der Waals surface area contributed by atoms with Crippen molar-refractivity contribution in [3.8, 4) is 5.75 Å². The lowest BCUT2D eigenvalue weighted by Crippen LogP contribution is -2.22. The summed E-state index contributed by atoms with van der Waals surface area (Å²) in [5.74, 6) is 0.00226. The largest absolute Gasteiger partial charge is 0.489 e. The molecule has 4 rings (SSSR count). The minimum absolute atomic E-state index is 0.0758. The first-order chi connectivity index (χ1) is 14.9. The molecule has 6 nitrogen and oxygen atoms in total. The molecule has 1 amide bonds. The summed E-state index contributed by atoms with van der Waals surface area (Å²) in [4.78, 5) is 18.5. The Morgan fingerprint density at radius 3 is 2.68 bits per heavy atom. The van der Waals surface area contributed by atoms with Crippen molar-refractivity contribution in [1.29, 1.82) is 0 Å². The highest BCUT2D eigenvalue weighted by Gasteiger charge is 2.25. The van der Waals surface area contributed by atoms with Crippen molar-refractivity contribution in [2.24, 2.45) is 0 Å². The monoisotopic (exact) mass is 531 g/mol. The molecule has 4 aromatic rings. The number of halogens is 2. The lowest BCUT2D eigenvalue weighted by Gasteiger charge is -2.11. The molecule has 2 aromatic carbocycles. The molecule has 0 atom stereocenters. The number of pyridine rings is 1. The molecule has 2 heterocycles. The molecular formula is C23H19FIN3O3. The average molecular weight is 531 g/mol. The van der Waals surface area contributed by atoms with Gasteiger partial charge in [-0.25, -0.2) is 4.39 Å². The van der Waals surface area contributed by atoms with Crippen molar-refractivity contribution in [1.82, 2.24) is 9.88 Å². The van der Waals surface area contributed by atoms with Crippen molar-refractivity contribution in [3.63, 3.8) is 0 Å². The summed E-state index contributed by atoms with van der Waals surface area (Å²) in [5, 5.41) is 3.59. The number of aromatic nitrogens is 1. The number of furan rings is 1. The Morgan fingerprint density at radius 2 is 1.97 bits per heavy atom. The molecule has 31 heavy (non-hydrogen) atoms. The Hall–Kier alpha value is -3.14. The van der Waals surface area contributed by atoms with Crippen LogP contribution in [0.2, 0.25) is 0 Å². The topological polar surface area (TPSA) is 67.6 Å². The second-order valence-corrected chi connectivity index (χ2v) is 8.28. The molecule has 0 aliphatic heterocycles. The average Bonchev–Trinajstić information content (AvgIpc) is 3.13. The van der Waals surface area contributed by atoms with Crippen LogP contribution in [0.15, 0.2) is 65.3 Å². The highest BCUT2D eigenvalue weighted by atomic mass is 127. The number of benzene rings is 2. The van der Waals surface area contributed by atoms with E-state index in [-0.39, 0.29) is 24.0 Å². The van der Waals surface area contributed by atoms with Gasteiger partial charge in [-0.15, -0.1) is 0 Å². The standard InChI is InChI=1S/C23H19FIN3O3/c1-28(2)23(29)22-20(27-19-9-8-15(25)10-18(19)24)17-12-26-11-14(21(17)31-22)13-30-16-6-4-3-5-7-16/h3-12,27H,13H2,1-2H3. The van der Waals surface area contributed by atoms with E-state index in [0.29, 0.717) is 28.0 Å². The first kappa shape index (κ1) is 21.1. The Bertz CT molecular complexity index is 1240. The van der Waals surface area contributed by atoms with Gasteiger partial charge in [-0.2, -0.15) is 0 Å². The number of anilines is 2. The van der Waals surface area contributed by atoms with E-state index < -0.39 is 5.82 Å². The van der Waals surface area contributed by atoms with Gasteiger partial charge in [0.2, 0.25) is 5.76 Å². The van der Waals surface area contributed by atoms with Crippen LogP contribution in [0.3, 0.4) is 0 Å². The molecule has 0 unspecified atom stereocenters. The third kappa shape index (κ3) is 4.48. The van der Waals surface area contributed by atoms with Gasteiger partial charge in [0.15, 0.2) is 0 Å². The van der Waals surface area contributed by atoms with Gasteiger partial charge in [-0.3, -0.25) is 9.78 Å². The molecule has 0 bridgehead atoms. The van der Waals surface area contributed by atoms with Crippen LogP contribution in [0.25, 0.3) is 11.0 Å². The van der Waals surface area contributed by atoms with Crippen LogP contribution in [0.4, 0.5) is 15.8 Å². The Balaban J connectivity index is 1.77. The van der Waals surface area contributed by atoms with Crippen molar-refractivity contribution in [2.75, 3.05) is 19.4 Å². The second-order valence-electron chi connectivity index (χ2n) is 7.03. The van der Waals surface area contributed by atoms with Crippen LogP contribution >= 0.6 is 22.6 Å². The third-order valence-corrected chi connectivity index (χ3v) is 5.27. The SMILES string of the molecule is CN(C)C(=O)c1oc2c(COc3ccccc3)cncc2c1Nc1ccc(I)cc1F. The number of amides is 1. The number of nitrogens with one attached hydrogen (secondary N) is 1. The molecular weight excluding hydrogens is 512 g/mol. The number of ether oxygens (including phenoxy) is 1. The number of hydrogen-bond donors (Lipinski definition) is 1. The highest BCUT2D eigenvalue weighted by molar-refractivity contribution is 14.1. The van der Waals surface area contributed by atoms with Crippen LogP contribution in [0, 0.1) is 9.39 Å². The van der Waals surface area contributed by atoms with Crippen molar-refractivity contribution in [2.45, 2.75) is 6.61 Å². The van der Waals surface area contributed by atoms with Crippen LogP contribution < -0.4 is 10.1 Å². The summed E-state index contributed by atoms with van der Waals surface area (Å²) >= 11 is 2.04. The van der Waals surface area contributed by atoms with E-state index in [4.69, 9.17) is 9.15 Å². The second kappa shape index (κ2) is 8.93. The minimum Gasteiger partial charge on any atom is -0.489 e. The minimum atomic E-state index is -0.430. The summed E-state index contributed by atoms with van der Waals surface area (Å²) in [7, 11) is 3.25. The maximum atomic E-state index is 14.5. The molecule has 0 aliphatic carbocycles. The molecule has 0 saturated heterocycles. The van der Waals surface area contributed by atoms with Crippen LogP contribution in [0.5, 0.6) is 5.75 Å². The predicted molar refractivity (Wildman–Crippen MR) is 125 cm³/mol. The molecule has 0 spiro atoms. The zero-order valence-corrected chi connectivity index (χ0v) is 19.0. The van der Waals surface area contributed by atoms with Gasteiger partial charge in [-0.1, -0.05) is 18.2 Å². The molecule has 0 aliphatic rings. The summed E-state index contributed by atoms with van der Waals surface area (Å²) in [5.41, 5.74) is 1.74. The number of rotatable bonds is 6. The number of para-hydroxylation sites is 1. The molecule has 158 valence electrons. The summed E-state index contributed by atoms with van der Waals surface area (Å²) < 4.78 is 27.1. The van der Waals surface area contributed by atoms with E-state index in [0.717, 1.165) is 3.57 Å². The van der Waals surface area contributed by atoms with Gasteiger partial charge in [0.25, 0.3) is 5.91 Å². The first-order valence-corrected chi connectivity index (χ1v) is 10.5. The Morgan fingerprint density at radius 1 is 1.19 bits per heavy atom. The number of carbonyl (C=O) groups excluding carboxylic acids is 1. The summed E-state index contributed by atoms with van der Waals surface area (Å²) in [6.45, 7) is 0.203. The lowest BCUT2D eigenvalue weighted by atomic mass is 10.2. The van der Waals surface area contributed by atoms with E-state index in [2.05, 4.69) is 10.3 Å². The van der Waals surface area contributed by atoms with E-state index in [1.54, 1.807) is 38.6 Å². The van der Waals surface area contributed by atoms with Gasteiger partial charge in [0, 0.05) is 30.1 Å². The van der Waals surface area contributed by atoms with Gasteiger partial charge >= 0.3 is 0 Å². The number of fused-ring (bicyclic) bond motifs is 1. The fourth-order valence-electron chi connectivity index (χ4n) is 3.05. The van der Waals surface area contributed by atoms with E-state index in [1.807, 2.05) is 52.9 Å². The normalized spacial score (nSPS) is 10.8. The van der Waals surface area contributed by atoms with Gasteiger partial charge in [0.1, 0.15) is 29.4 Å². The number of carbonyl (C=O) groups is 1. The maximum Gasteiger partial charge on any atom is 0.291 e. The van der Waals surface area contributed by atoms with E-state index >= 15 is 0 Å². The zero-order chi connectivity index (χ0) is 22.0. The molecule has 1 N–H and O–H groups in total. The smallest absolute Gasteiger partial charge is 0.291 e. The summed E-state index contributed by atoms with van der Waals surface area (Å²) in [6, 6.07) is 14.2. The fourth-order valence-corrected chi connectivity index (χ4v) is 3.50. The molecule has 2 aromatic heterocycles. The predicted octanol–water partition coefficient (Wildman–Crippen LogP) is 5.60. The van der Waals surface area contributed by atoms with Crippen molar-refractivity contribution in [3.05, 3.63) is 81.6 Å². The van der Waals surface area contributed by atoms with Gasteiger partial charge < -0.3 is 19.4 Å². The molecule has 0 radical (unpaired) electrons. The van der Waals surface area contributed by atoms with Crippen LogP contribution in [-0.2, 0) is 6.61 Å². The molecule has 8 heteroatoms. The Labute approximate surface area is 192 Å². The quantitative estimate of drug-likeness (QED) is 0.329. The number of hydrogen-bond acceptors (Lipinski definition) is 5. The zero-order valence-electron chi connectivity index (χ0n) is 16.9. The first-order valence-electron chi connectivity index (χ1n) is 9.45. The highest BCUT2D eigenvalue weighted by Crippen LogP contribution is 2.36. The van der Waals surface area contributed by atoms with Crippen LogP contribution in [0.1, 0.15) is 16.1 Å². The third-order valence-electron chi connectivity index (χ3n) is 4.60. The lowest BCUT2D eigenvalue weighted by molar-refractivity contribution is 0.0800. The molecule has 0 saturated carbocycles. The summed E-state index contributed by atoms with van der Waals surface area (Å²) in [6.07, 6.45) is 3.22. The molecule has 0 fully saturated rings. The van der Waals surface area contributed by atoms with Crippen LogP contribution in [-0.4, -0.2) is 29.9 Å². The van der Waals surface area contributed by atoms with E-state index in [1.165, 1.54) is 11.0 Å². The van der Waals surface area contributed by atoms with E-state index in [9.17, 15) is 9.18 Å².